The van der Waals surface area contributed by atoms with Crippen LogP contribution in [0.3, 0.4) is 0 Å². The number of ether oxygens (including phenoxy) is 1. The Labute approximate surface area is 270 Å². The van der Waals surface area contributed by atoms with Crippen molar-refractivity contribution in [3.63, 3.8) is 0 Å². The molecule has 2 amide bonds. The molecule has 0 N–H and O–H groups in total. The summed E-state index contributed by atoms with van der Waals surface area (Å²) in [5.41, 5.74) is 4.98. The van der Waals surface area contributed by atoms with Gasteiger partial charge in [-0.3, -0.25) is 14.2 Å². The summed E-state index contributed by atoms with van der Waals surface area (Å²) < 4.78 is 7.73. The van der Waals surface area contributed by atoms with E-state index in [4.69, 9.17) is 9.72 Å². The van der Waals surface area contributed by atoms with E-state index < -0.39 is 0 Å². The highest BCUT2D eigenvalue weighted by Crippen LogP contribution is 2.31. The molecule has 1 aliphatic rings. The number of anilines is 1. The lowest BCUT2D eigenvalue weighted by atomic mass is 10.0. The zero-order valence-corrected chi connectivity index (χ0v) is 27.1. The molecule has 0 unspecified atom stereocenters. The molecule has 236 valence electrons. The second-order valence-electron chi connectivity index (χ2n) is 11.6. The van der Waals surface area contributed by atoms with Crippen molar-refractivity contribution in [1.29, 1.82) is 0 Å². The molecule has 1 saturated heterocycles. The number of imidazole rings is 1. The Morgan fingerprint density at radius 2 is 1.52 bits per heavy atom. The quantitative estimate of drug-likeness (QED) is 0.182. The van der Waals surface area contributed by atoms with Crippen LogP contribution in [0.2, 0.25) is 0 Å². The lowest BCUT2D eigenvalue weighted by Gasteiger charge is -2.37. The van der Waals surface area contributed by atoms with Crippen LogP contribution in [0, 0.1) is 6.92 Å². The van der Waals surface area contributed by atoms with Crippen LogP contribution >= 0.6 is 0 Å². The van der Waals surface area contributed by atoms with Crippen molar-refractivity contribution in [3.05, 3.63) is 108 Å². The van der Waals surface area contributed by atoms with Gasteiger partial charge in [-0.05, 0) is 62.7 Å². The van der Waals surface area contributed by atoms with E-state index in [1.54, 1.807) is 0 Å². The molecule has 46 heavy (non-hydrogen) atoms. The first-order valence-electron chi connectivity index (χ1n) is 16.2. The van der Waals surface area contributed by atoms with Crippen molar-refractivity contribution in [2.24, 2.45) is 0 Å². The lowest BCUT2D eigenvalue weighted by Crippen LogP contribution is -2.49. The molecule has 2 heterocycles. The highest BCUT2D eigenvalue weighted by Gasteiger charge is 2.28. The van der Waals surface area contributed by atoms with Crippen molar-refractivity contribution < 1.29 is 14.3 Å². The summed E-state index contributed by atoms with van der Waals surface area (Å²) in [6.07, 6.45) is 1.83. The van der Waals surface area contributed by atoms with E-state index in [0.717, 1.165) is 39.0 Å². The first-order chi connectivity index (χ1) is 22.4. The molecule has 0 atom stereocenters. The fraction of sp³-hybridized carbons (Fsp3) is 0.289. The van der Waals surface area contributed by atoms with E-state index in [1.165, 1.54) is 0 Å². The van der Waals surface area contributed by atoms with Gasteiger partial charge in [0.25, 0.3) is 11.8 Å². The van der Waals surface area contributed by atoms with E-state index in [-0.39, 0.29) is 11.8 Å². The second kappa shape index (κ2) is 13.5. The van der Waals surface area contributed by atoms with Gasteiger partial charge in [0.15, 0.2) is 0 Å². The summed E-state index contributed by atoms with van der Waals surface area (Å²) >= 11 is 0. The van der Waals surface area contributed by atoms with Gasteiger partial charge in [0, 0.05) is 57.1 Å². The number of aromatic nitrogens is 2. The van der Waals surface area contributed by atoms with E-state index in [2.05, 4.69) is 36.1 Å². The van der Waals surface area contributed by atoms with Gasteiger partial charge < -0.3 is 19.4 Å². The third kappa shape index (κ3) is 6.20. The molecule has 0 aliphatic carbocycles. The van der Waals surface area contributed by atoms with Gasteiger partial charge in [-0.15, -0.1) is 0 Å². The van der Waals surface area contributed by atoms with E-state index >= 15 is 0 Å². The van der Waals surface area contributed by atoms with E-state index in [0.29, 0.717) is 63.0 Å². The first-order valence-corrected chi connectivity index (χ1v) is 16.2. The number of hydrogen-bond acceptors (Lipinski definition) is 5. The number of nitrogens with zero attached hydrogens (tertiary/aromatic N) is 5. The van der Waals surface area contributed by atoms with Gasteiger partial charge in [-0.1, -0.05) is 60.2 Å². The molecule has 8 heteroatoms. The smallest absolute Gasteiger partial charge is 0.274 e. The number of fused-ring (bicyclic) bond motifs is 1. The Hall–Kier alpha value is -5.11. The minimum atomic E-state index is -0.106. The maximum atomic E-state index is 14.0. The van der Waals surface area contributed by atoms with Crippen LogP contribution in [0.25, 0.3) is 27.8 Å². The fourth-order valence-corrected chi connectivity index (χ4v) is 6.13. The molecule has 8 nitrogen and oxygen atoms in total. The van der Waals surface area contributed by atoms with Crippen molar-refractivity contribution in [1.82, 2.24) is 19.4 Å². The van der Waals surface area contributed by atoms with E-state index in [1.807, 2.05) is 102 Å². The summed E-state index contributed by atoms with van der Waals surface area (Å²) in [6.45, 7) is 12.2. The number of hydrogen-bond donors (Lipinski definition) is 0. The van der Waals surface area contributed by atoms with Crippen molar-refractivity contribution in [2.75, 3.05) is 50.8 Å². The molecule has 4 aromatic carbocycles. The maximum absolute atomic E-state index is 14.0. The topological polar surface area (TPSA) is 70.9 Å². The number of aryl methyl sites for hydroxylation is 1. The number of piperazine rings is 1. The van der Waals surface area contributed by atoms with Crippen molar-refractivity contribution in [2.45, 2.75) is 27.7 Å². The number of carbonyl (C=O) groups excluding carboxylic acids is 2. The fourth-order valence-electron chi connectivity index (χ4n) is 6.13. The summed E-state index contributed by atoms with van der Waals surface area (Å²) in [4.78, 5) is 38.4. The van der Waals surface area contributed by atoms with E-state index in [9.17, 15) is 9.59 Å². The van der Waals surface area contributed by atoms with Gasteiger partial charge in [-0.2, -0.15) is 0 Å². The van der Waals surface area contributed by atoms with Crippen LogP contribution in [0.15, 0.2) is 91.1 Å². The molecular formula is C38H41N5O3. The third-order valence-corrected chi connectivity index (χ3v) is 8.69. The molecular weight excluding hydrogens is 574 g/mol. The predicted octanol–water partition coefficient (Wildman–Crippen LogP) is 6.84. The average molecular weight is 616 g/mol. The normalized spacial score (nSPS) is 13.2. The van der Waals surface area contributed by atoms with Crippen molar-refractivity contribution in [3.8, 4) is 22.8 Å². The van der Waals surface area contributed by atoms with Gasteiger partial charge >= 0.3 is 0 Å². The molecule has 0 spiro atoms. The Balaban J connectivity index is 1.28. The number of amides is 2. The zero-order valence-electron chi connectivity index (χ0n) is 27.1. The summed E-state index contributed by atoms with van der Waals surface area (Å²) in [6, 6.07) is 28.3. The molecule has 5 aromatic rings. The van der Waals surface area contributed by atoms with Gasteiger partial charge in [-0.25, -0.2) is 4.98 Å². The van der Waals surface area contributed by atoms with Crippen LogP contribution < -0.4 is 9.64 Å². The van der Waals surface area contributed by atoms with Gasteiger partial charge in [0.1, 0.15) is 17.3 Å². The highest BCUT2D eigenvalue weighted by atomic mass is 16.5. The Morgan fingerprint density at radius 3 is 2.20 bits per heavy atom. The monoisotopic (exact) mass is 615 g/mol. The van der Waals surface area contributed by atoms with Gasteiger partial charge in [0.05, 0.1) is 23.5 Å². The summed E-state index contributed by atoms with van der Waals surface area (Å²) in [7, 11) is 0. The van der Waals surface area contributed by atoms with Gasteiger partial charge in [0.2, 0.25) is 0 Å². The number of rotatable bonds is 9. The number of benzene rings is 4. The summed E-state index contributed by atoms with van der Waals surface area (Å²) in [5.74, 6) is 1.39. The molecule has 6 rings (SSSR count). The van der Waals surface area contributed by atoms with Crippen LogP contribution in [0.5, 0.6) is 5.75 Å². The highest BCUT2D eigenvalue weighted by molar-refractivity contribution is 6.04. The minimum absolute atomic E-state index is 0.0341. The molecule has 0 radical (unpaired) electrons. The molecule has 0 saturated carbocycles. The Bertz CT molecular complexity index is 1850. The minimum Gasteiger partial charge on any atom is -0.494 e. The second-order valence-corrected chi connectivity index (χ2v) is 11.6. The SMILES string of the molecule is CCOc1cccc(-n2cc(C(=O)N3CCN(c4cc5ccccc5cc4C(=O)N(CC)CC)CC3)nc2-c2ccc(C)cc2)c1. The largest absolute Gasteiger partial charge is 0.494 e. The molecule has 0 bridgehead atoms. The molecule has 1 aromatic heterocycles. The molecule has 1 aliphatic heterocycles. The lowest BCUT2D eigenvalue weighted by molar-refractivity contribution is 0.0736. The van der Waals surface area contributed by atoms with Crippen LogP contribution in [0.1, 0.15) is 47.2 Å². The first kappa shape index (κ1) is 30.9. The van der Waals surface area contributed by atoms with Crippen LogP contribution in [-0.2, 0) is 0 Å². The summed E-state index contributed by atoms with van der Waals surface area (Å²) in [5, 5.41) is 2.14. The predicted molar refractivity (Wildman–Crippen MR) is 184 cm³/mol. The number of carbonyl (C=O) groups is 2. The average Bonchev–Trinajstić information content (AvgIpc) is 3.54. The third-order valence-electron chi connectivity index (χ3n) is 8.69. The molecule has 1 fully saturated rings. The standard InChI is InChI=1S/C38H41N5O3/c1-5-40(6-2)37(44)33-23-29-11-8-9-12-30(29)24-35(33)41-19-21-42(22-20-41)38(45)34-26-43(31-13-10-14-32(25-31)46-7-3)36(39-34)28-17-15-27(4)16-18-28/h8-18,23-26H,5-7,19-22H2,1-4H3. The maximum Gasteiger partial charge on any atom is 0.274 e. The zero-order chi connectivity index (χ0) is 32.2. The Morgan fingerprint density at radius 1 is 0.826 bits per heavy atom. The van der Waals surface area contributed by atoms with Crippen molar-refractivity contribution >= 4 is 28.3 Å². The van der Waals surface area contributed by atoms with Crippen LogP contribution in [-0.4, -0.2) is 77.0 Å². The van der Waals surface area contributed by atoms with Crippen LogP contribution in [0.4, 0.5) is 5.69 Å². The Kier molecular flexibility index (Phi) is 9.06.